The lowest BCUT2D eigenvalue weighted by atomic mass is 10.3. The first-order chi connectivity index (χ1) is 8.60. The van der Waals surface area contributed by atoms with Crippen LogP contribution in [-0.4, -0.2) is 35.1 Å². The molecule has 0 radical (unpaired) electrons. The number of carboxylic acid groups (broad SMARTS) is 1. The summed E-state index contributed by atoms with van der Waals surface area (Å²) in [6, 6.07) is 3.01. The van der Waals surface area contributed by atoms with E-state index in [9.17, 15) is 9.59 Å². The van der Waals surface area contributed by atoms with Gasteiger partial charge in [-0.05, 0) is 18.4 Å². The number of nitrogens with zero attached hydrogens (tertiary/aromatic N) is 2. The van der Waals surface area contributed by atoms with E-state index >= 15 is 0 Å². The number of carbonyl (C=O) groups is 2. The van der Waals surface area contributed by atoms with Crippen molar-refractivity contribution < 1.29 is 14.7 Å². The summed E-state index contributed by atoms with van der Waals surface area (Å²) in [4.78, 5) is 24.2. The number of rotatable bonds is 5. The molecule has 6 nitrogen and oxygen atoms in total. The van der Waals surface area contributed by atoms with Gasteiger partial charge in [-0.3, -0.25) is 5.32 Å². The maximum Gasteiger partial charge on any atom is 0.338 e. The van der Waals surface area contributed by atoms with E-state index in [1.165, 1.54) is 11.0 Å². The smallest absolute Gasteiger partial charge is 0.338 e. The summed E-state index contributed by atoms with van der Waals surface area (Å²) in [5.74, 6) is -1.08. The predicted octanol–water partition coefficient (Wildman–Crippen LogP) is 2.21. The number of nitrogens with one attached hydrogen (secondary N) is 1. The highest BCUT2D eigenvalue weighted by molar-refractivity contribution is 7.14. The van der Waals surface area contributed by atoms with E-state index in [2.05, 4.69) is 5.32 Å². The van der Waals surface area contributed by atoms with Crippen molar-refractivity contribution in [1.29, 1.82) is 5.26 Å². The molecule has 0 saturated heterocycles. The molecule has 0 aliphatic heterocycles. The third kappa shape index (κ3) is 3.46. The maximum atomic E-state index is 11.8. The molecule has 18 heavy (non-hydrogen) atoms. The maximum absolute atomic E-state index is 11.8. The summed E-state index contributed by atoms with van der Waals surface area (Å²) in [5, 5.41) is 21.8. The Balaban J connectivity index is 2.71. The SMILES string of the molecule is CCN(CCC#N)C(=O)Nc1sccc1C(=O)O. The van der Waals surface area contributed by atoms with Gasteiger partial charge in [-0.2, -0.15) is 5.26 Å². The van der Waals surface area contributed by atoms with Crippen molar-refractivity contribution in [3.05, 3.63) is 17.0 Å². The highest BCUT2D eigenvalue weighted by Crippen LogP contribution is 2.23. The molecule has 2 N–H and O–H groups in total. The summed E-state index contributed by atoms with van der Waals surface area (Å²) < 4.78 is 0. The van der Waals surface area contributed by atoms with Crippen molar-refractivity contribution in [2.75, 3.05) is 18.4 Å². The summed E-state index contributed by atoms with van der Waals surface area (Å²) in [7, 11) is 0. The van der Waals surface area contributed by atoms with Gasteiger partial charge in [0.15, 0.2) is 0 Å². The number of anilines is 1. The second kappa shape index (κ2) is 6.61. The Morgan fingerprint density at radius 2 is 2.33 bits per heavy atom. The van der Waals surface area contributed by atoms with Gasteiger partial charge in [-0.25, -0.2) is 9.59 Å². The van der Waals surface area contributed by atoms with E-state index in [1.807, 2.05) is 6.07 Å². The zero-order valence-corrected chi connectivity index (χ0v) is 10.7. The van der Waals surface area contributed by atoms with Crippen molar-refractivity contribution in [1.82, 2.24) is 4.90 Å². The Kier molecular flexibility index (Phi) is 5.14. The molecule has 0 spiro atoms. The Hall–Kier alpha value is -2.07. The summed E-state index contributed by atoms with van der Waals surface area (Å²) >= 11 is 1.15. The van der Waals surface area contributed by atoms with Crippen molar-refractivity contribution in [2.24, 2.45) is 0 Å². The van der Waals surface area contributed by atoms with Crippen molar-refractivity contribution >= 4 is 28.3 Å². The third-order valence-corrected chi connectivity index (χ3v) is 3.11. The monoisotopic (exact) mass is 267 g/mol. The lowest BCUT2D eigenvalue weighted by molar-refractivity contribution is 0.0698. The average Bonchev–Trinajstić information content (AvgIpc) is 2.78. The number of carboxylic acids is 1. The molecule has 1 aromatic rings. The number of hydrogen-bond acceptors (Lipinski definition) is 4. The predicted molar refractivity (Wildman–Crippen MR) is 67.8 cm³/mol. The molecular formula is C11H13N3O3S. The van der Waals surface area contributed by atoms with Gasteiger partial charge in [-0.15, -0.1) is 11.3 Å². The Bertz CT molecular complexity index is 478. The molecule has 2 amide bonds. The van der Waals surface area contributed by atoms with E-state index in [4.69, 9.17) is 10.4 Å². The van der Waals surface area contributed by atoms with Crippen molar-refractivity contribution in [3.8, 4) is 6.07 Å². The molecule has 1 heterocycles. The topological polar surface area (TPSA) is 93.4 Å². The average molecular weight is 267 g/mol. The van der Waals surface area contributed by atoms with Crippen LogP contribution < -0.4 is 5.32 Å². The van der Waals surface area contributed by atoms with Crippen molar-refractivity contribution in [2.45, 2.75) is 13.3 Å². The third-order valence-electron chi connectivity index (χ3n) is 2.28. The molecule has 1 aromatic heterocycles. The highest BCUT2D eigenvalue weighted by atomic mass is 32.1. The van der Waals surface area contributed by atoms with Crippen LogP contribution in [0.25, 0.3) is 0 Å². The van der Waals surface area contributed by atoms with Crippen molar-refractivity contribution in [3.63, 3.8) is 0 Å². The molecule has 0 saturated carbocycles. The molecule has 0 aromatic carbocycles. The van der Waals surface area contributed by atoms with Crippen LogP contribution in [0, 0.1) is 11.3 Å². The Morgan fingerprint density at radius 3 is 2.89 bits per heavy atom. The normalized spacial score (nSPS) is 9.56. The number of hydrogen-bond donors (Lipinski definition) is 2. The van der Waals surface area contributed by atoms with Crippen LogP contribution in [0.4, 0.5) is 9.80 Å². The largest absolute Gasteiger partial charge is 0.478 e. The number of urea groups is 1. The van der Waals surface area contributed by atoms with Gasteiger partial charge in [-0.1, -0.05) is 0 Å². The quantitative estimate of drug-likeness (QED) is 0.855. The van der Waals surface area contributed by atoms with Crippen LogP contribution in [0.1, 0.15) is 23.7 Å². The van der Waals surface area contributed by atoms with Gasteiger partial charge < -0.3 is 10.0 Å². The van der Waals surface area contributed by atoms with Crippen LogP contribution >= 0.6 is 11.3 Å². The molecule has 1 rings (SSSR count). The molecular weight excluding hydrogens is 254 g/mol. The number of nitriles is 1. The van der Waals surface area contributed by atoms with Gasteiger partial charge >= 0.3 is 12.0 Å². The standard InChI is InChI=1S/C11H13N3O3S/c1-2-14(6-3-5-12)11(17)13-9-8(10(15)16)4-7-18-9/h4,7H,2-3,6H2,1H3,(H,13,17)(H,15,16). The first-order valence-electron chi connectivity index (χ1n) is 5.33. The molecule has 96 valence electrons. The van der Waals surface area contributed by atoms with E-state index in [-0.39, 0.29) is 12.0 Å². The fourth-order valence-corrected chi connectivity index (χ4v) is 2.11. The zero-order chi connectivity index (χ0) is 13.5. The molecule has 0 unspecified atom stereocenters. The lowest BCUT2D eigenvalue weighted by Gasteiger charge is -2.19. The van der Waals surface area contributed by atoms with Gasteiger partial charge in [0, 0.05) is 13.1 Å². The van der Waals surface area contributed by atoms with Crippen LogP contribution in [-0.2, 0) is 0 Å². The fraction of sp³-hybridized carbons (Fsp3) is 0.364. The van der Waals surface area contributed by atoms with Gasteiger partial charge in [0.05, 0.1) is 18.1 Å². The van der Waals surface area contributed by atoms with Crippen LogP contribution in [0.5, 0.6) is 0 Å². The lowest BCUT2D eigenvalue weighted by Crippen LogP contribution is -2.35. The van der Waals surface area contributed by atoms with Gasteiger partial charge in [0.25, 0.3) is 0 Å². The van der Waals surface area contributed by atoms with Crippen LogP contribution in [0.2, 0.25) is 0 Å². The zero-order valence-electron chi connectivity index (χ0n) is 9.84. The van der Waals surface area contributed by atoms with E-state index < -0.39 is 12.0 Å². The van der Waals surface area contributed by atoms with E-state index in [1.54, 1.807) is 12.3 Å². The minimum absolute atomic E-state index is 0.0738. The Morgan fingerprint density at radius 1 is 1.61 bits per heavy atom. The number of carbonyl (C=O) groups excluding carboxylic acids is 1. The summed E-state index contributed by atoms with van der Waals surface area (Å²) in [6.07, 6.45) is 0.248. The van der Waals surface area contributed by atoms with Crippen LogP contribution in [0.3, 0.4) is 0 Å². The fourth-order valence-electron chi connectivity index (χ4n) is 1.34. The molecule has 0 aliphatic carbocycles. The first kappa shape index (κ1) is 14.0. The molecule has 0 fully saturated rings. The van der Waals surface area contributed by atoms with Gasteiger partial charge in [0.1, 0.15) is 5.00 Å². The summed E-state index contributed by atoms with van der Waals surface area (Å²) in [6.45, 7) is 2.58. The van der Waals surface area contributed by atoms with Crippen LogP contribution in [0.15, 0.2) is 11.4 Å². The summed E-state index contributed by atoms with van der Waals surface area (Å²) in [5.41, 5.74) is 0.0738. The first-order valence-corrected chi connectivity index (χ1v) is 6.21. The molecule has 7 heteroatoms. The minimum Gasteiger partial charge on any atom is -0.478 e. The molecule has 0 bridgehead atoms. The number of aromatic carboxylic acids is 1. The number of amides is 2. The van der Waals surface area contributed by atoms with Gasteiger partial charge in [0.2, 0.25) is 0 Å². The van der Waals surface area contributed by atoms with E-state index in [0.29, 0.717) is 18.1 Å². The molecule has 0 aliphatic rings. The van der Waals surface area contributed by atoms with E-state index in [0.717, 1.165) is 11.3 Å². The minimum atomic E-state index is -1.08. The Labute approximate surface area is 108 Å². The number of thiophene rings is 1. The second-order valence-electron chi connectivity index (χ2n) is 3.39. The highest BCUT2D eigenvalue weighted by Gasteiger charge is 2.16. The second-order valence-corrected chi connectivity index (χ2v) is 4.30. The molecule has 0 atom stereocenters.